The van der Waals surface area contributed by atoms with Crippen LogP contribution in [-0.4, -0.2) is 11.8 Å². The zero-order valence-corrected chi connectivity index (χ0v) is 8.01. The Balaban J connectivity index is 2.81. The summed E-state index contributed by atoms with van der Waals surface area (Å²) in [5.74, 6) is -0.256. The van der Waals surface area contributed by atoms with Crippen LogP contribution in [0.2, 0.25) is 0 Å². The van der Waals surface area contributed by atoms with E-state index in [-0.39, 0.29) is 11.8 Å². The molecule has 3 nitrogen and oxygen atoms in total. The van der Waals surface area contributed by atoms with E-state index in [1.54, 1.807) is 6.92 Å². The summed E-state index contributed by atoms with van der Waals surface area (Å²) in [5.41, 5.74) is 2.49. The second kappa shape index (κ2) is 3.56. The summed E-state index contributed by atoms with van der Waals surface area (Å²) >= 11 is 0. The molecule has 13 heavy (non-hydrogen) atoms. The van der Waals surface area contributed by atoms with Gasteiger partial charge in [-0.15, -0.1) is 0 Å². The summed E-state index contributed by atoms with van der Waals surface area (Å²) in [4.78, 5) is 21.7. The van der Waals surface area contributed by atoms with E-state index in [1.165, 1.54) is 13.2 Å². The SMILES string of the molecule is CC(=O)O/C=C1\CC(=O)C(C)=C1C. The van der Waals surface area contributed by atoms with Gasteiger partial charge >= 0.3 is 5.97 Å². The number of hydrogen-bond acceptors (Lipinski definition) is 3. The van der Waals surface area contributed by atoms with Crippen LogP contribution in [0.25, 0.3) is 0 Å². The predicted octanol–water partition coefficient (Wildman–Crippen LogP) is 1.74. The third-order valence-electron chi connectivity index (χ3n) is 2.18. The quantitative estimate of drug-likeness (QED) is 0.456. The molecule has 0 heterocycles. The molecule has 1 rings (SSSR count). The van der Waals surface area contributed by atoms with Gasteiger partial charge in [-0.25, -0.2) is 0 Å². The first-order valence-electron chi connectivity index (χ1n) is 4.09. The van der Waals surface area contributed by atoms with E-state index in [0.717, 1.165) is 16.7 Å². The third kappa shape index (κ3) is 2.05. The van der Waals surface area contributed by atoms with Crippen LogP contribution in [0.5, 0.6) is 0 Å². The van der Waals surface area contributed by atoms with Gasteiger partial charge < -0.3 is 4.74 Å². The van der Waals surface area contributed by atoms with E-state index in [0.29, 0.717) is 6.42 Å². The third-order valence-corrected chi connectivity index (χ3v) is 2.18. The van der Waals surface area contributed by atoms with Crippen molar-refractivity contribution in [1.82, 2.24) is 0 Å². The van der Waals surface area contributed by atoms with Gasteiger partial charge in [-0.3, -0.25) is 9.59 Å². The Morgan fingerprint density at radius 1 is 1.38 bits per heavy atom. The molecule has 0 aromatic carbocycles. The van der Waals surface area contributed by atoms with Crippen molar-refractivity contribution < 1.29 is 14.3 Å². The highest BCUT2D eigenvalue weighted by molar-refractivity contribution is 6.01. The lowest BCUT2D eigenvalue weighted by atomic mass is 10.1. The zero-order chi connectivity index (χ0) is 10.0. The van der Waals surface area contributed by atoms with Crippen molar-refractivity contribution in [2.24, 2.45) is 0 Å². The monoisotopic (exact) mass is 180 g/mol. The molecule has 70 valence electrons. The first kappa shape index (κ1) is 9.71. The molecule has 1 aliphatic carbocycles. The maximum absolute atomic E-state index is 11.2. The first-order chi connectivity index (χ1) is 6.02. The number of ketones is 1. The van der Waals surface area contributed by atoms with Gasteiger partial charge in [0, 0.05) is 13.3 Å². The summed E-state index contributed by atoms with van der Waals surface area (Å²) in [5, 5.41) is 0. The Labute approximate surface area is 77.1 Å². The molecule has 0 bridgehead atoms. The lowest BCUT2D eigenvalue weighted by Crippen LogP contribution is -1.93. The fourth-order valence-corrected chi connectivity index (χ4v) is 1.17. The van der Waals surface area contributed by atoms with Gasteiger partial charge in [0.1, 0.15) is 0 Å². The molecule has 0 aliphatic heterocycles. The largest absolute Gasteiger partial charge is 0.434 e. The van der Waals surface area contributed by atoms with Crippen LogP contribution in [0, 0.1) is 0 Å². The predicted molar refractivity (Wildman–Crippen MR) is 47.8 cm³/mol. The zero-order valence-electron chi connectivity index (χ0n) is 8.01. The molecule has 0 amide bonds. The molecule has 0 atom stereocenters. The van der Waals surface area contributed by atoms with E-state index >= 15 is 0 Å². The van der Waals surface area contributed by atoms with Crippen LogP contribution in [-0.2, 0) is 14.3 Å². The van der Waals surface area contributed by atoms with Crippen LogP contribution in [0.15, 0.2) is 23.0 Å². The molecule has 0 fully saturated rings. The average Bonchev–Trinajstić information content (AvgIpc) is 2.29. The summed E-state index contributed by atoms with van der Waals surface area (Å²) in [6, 6.07) is 0. The van der Waals surface area contributed by atoms with Gasteiger partial charge in [0.2, 0.25) is 0 Å². The second-order valence-corrected chi connectivity index (χ2v) is 3.10. The van der Waals surface area contributed by atoms with E-state index in [1.807, 2.05) is 6.92 Å². The number of hydrogen-bond donors (Lipinski definition) is 0. The highest BCUT2D eigenvalue weighted by atomic mass is 16.5. The molecule has 0 spiro atoms. The van der Waals surface area contributed by atoms with Crippen molar-refractivity contribution in [3.05, 3.63) is 23.0 Å². The number of carbonyl (C=O) groups excluding carboxylic acids is 2. The highest BCUT2D eigenvalue weighted by Crippen LogP contribution is 2.27. The Morgan fingerprint density at radius 3 is 2.38 bits per heavy atom. The fourth-order valence-electron chi connectivity index (χ4n) is 1.17. The van der Waals surface area contributed by atoms with Crippen molar-refractivity contribution in [2.45, 2.75) is 27.2 Å². The number of allylic oxidation sites excluding steroid dienone is 3. The van der Waals surface area contributed by atoms with Crippen LogP contribution in [0.1, 0.15) is 27.2 Å². The van der Waals surface area contributed by atoms with E-state index in [9.17, 15) is 9.59 Å². The molecule has 0 saturated heterocycles. The summed E-state index contributed by atoms with van der Waals surface area (Å²) < 4.78 is 4.71. The molecule has 0 aromatic rings. The van der Waals surface area contributed by atoms with Crippen LogP contribution < -0.4 is 0 Å². The molecule has 0 N–H and O–H groups in total. The molecule has 0 saturated carbocycles. The maximum atomic E-state index is 11.2. The molecular weight excluding hydrogens is 168 g/mol. The van der Waals surface area contributed by atoms with E-state index in [4.69, 9.17) is 4.74 Å². The van der Waals surface area contributed by atoms with Crippen molar-refractivity contribution in [1.29, 1.82) is 0 Å². The normalized spacial score (nSPS) is 19.9. The van der Waals surface area contributed by atoms with Crippen LogP contribution in [0.4, 0.5) is 0 Å². The van der Waals surface area contributed by atoms with Gasteiger partial charge in [-0.05, 0) is 30.6 Å². The topological polar surface area (TPSA) is 43.4 Å². The molecule has 0 aromatic heterocycles. The highest BCUT2D eigenvalue weighted by Gasteiger charge is 2.21. The van der Waals surface area contributed by atoms with E-state index < -0.39 is 0 Å². The minimum Gasteiger partial charge on any atom is -0.434 e. The molecular formula is C10H12O3. The summed E-state index contributed by atoms with van der Waals surface area (Å²) in [6.45, 7) is 4.97. The van der Waals surface area contributed by atoms with Gasteiger partial charge in [-0.1, -0.05) is 0 Å². The Kier molecular flexibility index (Phi) is 2.66. The Hall–Kier alpha value is -1.38. The second-order valence-electron chi connectivity index (χ2n) is 3.10. The van der Waals surface area contributed by atoms with Crippen LogP contribution in [0.3, 0.4) is 0 Å². The van der Waals surface area contributed by atoms with Gasteiger partial charge in [-0.2, -0.15) is 0 Å². The molecule has 0 radical (unpaired) electrons. The van der Waals surface area contributed by atoms with Gasteiger partial charge in [0.15, 0.2) is 5.78 Å². The fraction of sp³-hybridized carbons (Fsp3) is 0.400. The average molecular weight is 180 g/mol. The summed E-state index contributed by atoms with van der Waals surface area (Å²) in [6.07, 6.45) is 1.72. The van der Waals surface area contributed by atoms with Gasteiger partial charge in [0.05, 0.1) is 6.26 Å². The molecule has 1 aliphatic rings. The lowest BCUT2D eigenvalue weighted by Gasteiger charge is -1.97. The molecule has 0 unspecified atom stereocenters. The minimum absolute atomic E-state index is 0.107. The van der Waals surface area contributed by atoms with Crippen LogP contribution >= 0.6 is 0 Å². The smallest absolute Gasteiger partial charge is 0.307 e. The number of esters is 1. The van der Waals surface area contributed by atoms with Crippen molar-refractivity contribution >= 4 is 11.8 Å². The van der Waals surface area contributed by atoms with Crippen molar-refractivity contribution in [2.75, 3.05) is 0 Å². The van der Waals surface area contributed by atoms with Gasteiger partial charge in [0.25, 0.3) is 0 Å². The number of rotatable bonds is 1. The number of carbonyl (C=O) groups is 2. The molecule has 3 heteroatoms. The first-order valence-corrected chi connectivity index (χ1v) is 4.09. The minimum atomic E-state index is -0.364. The standard InChI is InChI=1S/C10H12O3/c1-6-7(2)10(12)4-9(6)5-13-8(3)11/h5H,4H2,1-3H3/b9-5+. The van der Waals surface area contributed by atoms with E-state index in [2.05, 4.69) is 0 Å². The Bertz CT molecular complexity index is 321. The maximum Gasteiger partial charge on any atom is 0.307 e. The van der Waals surface area contributed by atoms with Crippen molar-refractivity contribution in [3.63, 3.8) is 0 Å². The number of ether oxygens (including phenoxy) is 1. The summed E-state index contributed by atoms with van der Waals surface area (Å²) in [7, 11) is 0. The Morgan fingerprint density at radius 2 is 2.00 bits per heavy atom. The number of Topliss-reactive ketones (excluding diaryl/α,β-unsaturated/α-hetero) is 1. The van der Waals surface area contributed by atoms with Crippen molar-refractivity contribution in [3.8, 4) is 0 Å². The lowest BCUT2D eigenvalue weighted by molar-refractivity contribution is -0.135.